The molecule has 0 saturated heterocycles. The highest BCUT2D eigenvalue weighted by Gasteiger charge is 2.09. The van der Waals surface area contributed by atoms with Crippen molar-refractivity contribution in [1.82, 2.24) is 10.3 Å². The van der Waals surface area contributed by atoms with Crippen LogP contribution in [0.2, 0.25) is 0 Å². The van der Waals surface area contributed by atoms with Gasteiger partial charge in [-0.2, -0.15) is 0 Å². The van der Waals surface area contributed by atoms with Crippen LogP contribution in [0.3, 0.4) is 0 Å². The van der Waals surface area contributed by atoms with Crippen LogP contribution in [-0.4, -0.2) is 10.9 Å². The maximum Gasteiger partial charge on any atom is 0.226 e. The van der Waals surface area contributed by atoms with Gasteiger partial charge in [0, 0.05) is 11.9 Å². The molecule has 3 aromatic rings. The lowest BCUT2D eigenvalue weighted by Gasteiger charge is -2.08. The van der Waals surface area contributed by atoms with E-state index < -0.39 is 0 Å². The van der Waals surface area contributed by atoms with Crippen molar-refractivity contribution in [3.05, 3.63) is 81.3 Å². The van der Waals surface area contributed by atoms with Crippen molar-refractivity contribution in [2.45, 2.75) is 33.4 Å². The number of hydrogen-bond acceptors (Lipinski definition) is 4. The summed E-state index contributed by atoms with van der Waals surface area (Å²) >= 11 is 1.52. The second kappa shape index (κ2) is 8.63. The van der Waals surface area contributed by atoms with Crippen molar-refractivity contribution >= 4 is 17.2 Å². The number of nitrogens with one attached hydrogen (secondary N) is 1. The van der Waals surface area contributed by atoms with Gasteiger partial charge >= 0.3 is 0 Å². The van der Waals surface area contributed by atoms with E-state index in [1.807, 2.05) is 55.6 Å². The van der Waals surface area contributed by atoms with E-state index in [1.165, 1.54) is 16.9 Å². The van der Waals surface area contributed by atoms with E-state index >= 15 is 0 Å². The molecule has 0 saturated carbocycles. The van der Waals surface area contributed by atoms with E-state index in [4.69, 9.17) is 4.74 Å². The Morgan fingerprint density at radius 3 is 2.77 bits per heavy atom. The third-order valence-corrected chi connectivity index (χ3v) is 4.84. The molecular weight excluding hydrogens is 344 g/mol. The van der Waals surface area contributed by atoms with Crippen LogP contribution in [0.1, 0.15) is 27.4 Å². The molecule has 0 aliphatic heterocycles. The van der Waals surface area contributed by atoms with Crippen molar-refractivity contribution in [1.29, 1.82) is 0 Å². The number of rotatable bonds is 7. The predicted octanol–water partition coefficient (Wildman–Crippen LogP) is 4.20. The fraction of sp³-hybridized carbons (Fsp3) is 0.238. The van der Waals surface area contributed by atoms with Gasteiger partial charge in [-0.3, -0.25) is 4.79 Å². The monoisotopic (exact) mass is 366 g/mol. The first-order valence-electron chi connectivity index (χ1n) is 8.54. The standard InChI is InChI=1S/C21H22N2O2S/c1-15-8-9-16(2)19(10-15)25-13-21-23-18(14-26-21)11-20(24)22-12-17-6-4-3-5-7-17/h3-10,14H,11-13H2,1-2H3,(H,22,24). The molecule has 4 nitrogen and oxygen atoms in total. The Balaban J connectivity index is 1.49. The molecule has 0 fully saturated rings. The average molecular weight is 366 g/mol. The number of aryl methyl sites for hydroxylation is 2. The molecule has 0 bridgehead atoms. The molecule has 3 rings (SSSR count). The molecule has 26 heavy (non-hydrogen) atoms. The third kappa shape index (κ3) is 5.17. The van der Waals surface area contributed by atoms with Gasteiger partial charge in [0.2, 0.25) is 5.91 Å². The fourth-order valence-electron chi connectivity index (χ4n) is 2.52. The number of hydrogen-bond donors (Lipinski definition) is 1. The summed E-state index contributed by atoms with van der Waals surface area (Å²) in [6.45, 7) is 5.02. The van der Waals surface area contributed by atoms with E-state index in [-0.39, 0.29) is 12.3 Å². The molecule has 0 aliphatic carbocycles. The summed E-state index contributed by atoms with van der Waals surface area (Å²) in [6.07, 6.45) is 0.285. The van der Waals surface area contributed by atoms with E-state index in [0.29, 0.717) is 13.2 Å². The highest BCUT2D eigenvalue weighted by atomic mass is 32.1. The number of aromatic nitrogens is 1. The summed E-state index contributed by atoms with van der Waals surface area (Å²) in [5, 5.41) is 5.72. The average Bonchev–Trinajstić information content (AvgIpc) is 3.09. The van der Waals surface area contributed by atoms with E-state index in [9.17, 15) is 4.79 Å². The maximum atomic E-state index is 12.1. The van der Waals surface area contributed by atoms with Gasteiger partial charge in [0.05, 0.1) is 12.1 Å². The van der Waals surface area contributed by atoms with Gasteiger partial charge in [-0.15, -0.1) is 11.3 Å². The lowest BCUT2D eigenvalue weighted by molar-refractivity contribution is -0.120. The van der Waals surface area contributed by atoms with Crippen LogP contribution in [0.5, 0.6) is 5.75 Å². The van der Waals surface area contributed by atoms with Crippen LogP contribution in [-0.2, 0) is 24.4 Å². The molecular formula is C21H22N2O2S. The van der Waals surface area contributed by atoms with Crippen molar-refractivity contribution < 1.29 is 9.53 Å². The minimum atomic E-state index is -0.0267. The van der Waals surface area contributed by atoms with E-state index in [2.05, 4.69) is 22.4 Å². The number of thiazole rings is 1. The second-order valence-electron chi connectivity index (χ2n) is 6.23. The SMILES string of the molecule is Cc1ccc(C)c(OCc2nc(CC(=O)NCc3ccccc3)cs2)c1. The lowest BCUT2D eigenvalue weighted by Crippen LogP contribution is -2.24. The van der Waals surface area contributed by atoms with Crippen LogP contribution < -0.4 is 10.1 Å². The number of amides is 1. The van der Waals surface area contributed by atoms with Gasteiger partial charge in [-0.05, 0) is 36.6 Å². The van der Waals surface area contributed by atoms with Gasteiger partial charge in [0.15, 0.2) is 0 Å². The Bertz CT molecular complexity index is 875. The Hall–Kier alpha value is -2.66. The summed E-state index contributed by atoms with van der Waals surface area (Å²) in [7, 11) is 0. The van der Waals surface area contributed by atoms with Crippen molar-refractivity contribution in [2.24, 2.45) is 0 Å². The minimum absolute atomic E-state index is 0.0267. The third-order valence-electron chi connectivity index (χ3n) is 3.97. The summed E-state index contributed by atoms with van der Waals surface area (Å²) in [6, 6.07) is 16.0. The highest BCUT2D eigenvalue weighted by molar-refractivity contribution is 7.09. The van der Waals surface area contributed by atoms with Crippen LogP contribution in [0, 0.1) is 13.8 Å². The molecule has 0 atom stereocenters. The molecule has 1 aromatic heterocycles. The first kappa shape index (κ1) is 18.1. The van der Waals surface area contributed by atoms with Gasteiger partial charge in [-0.25, -0.2) is 4.98 Å². The topological polar surface area (TPSA) is 51.2 Å². The molecule has 0 spiro atoms. The van der Waals surface area contributed by atoms with Gasteiger partial charge in [0.25, 0.3) is 0 Å². The zero-order valence-corrected chi connectivity index (χ0v) is 15.8. The lowest BCUT2D eigenvalue weighted by atomic mass is 10.1. The maximum absolute atomic E-state index is 12.1. The van der Waals surface area contributed by atoms with Crippen molar-refractivity contribution in [2.75, 3.05) is 0 Å². The summed E-state index contributed by atoms with van der Waals surface area (Å²) < 4.78 is 5.87. The van der Waals surface area contributed by atoms with Crippen molar-refractivity contribution in [3.8, 4) is 5.75 Å². The van der Waals surface area contributed by atoms with E-state index in [0.717, 1.165) is 27.6 Å². The fourth-order valence-corrected chi connectivity index (χ4v) is 3.23. The molecule has 1 heterocycles. The largest absolute Gasteiger partial charge is 0.486 e. The molecule has 1 amide bonds. The first-order valence-corrected chi connectivity index (χ1v) is 9.42. The number of carbonyl (C=O) groups excluding carboxylic acids is 1. The normalized spacial score (nSPS) is 10.5. The highest BCUT2D eigenvalue weighted by Crippen LogP contribution is 2.21. The van der Waals surface area contributed by atoms with Gasteiger partial charge in [0.1, 0.15) is 17.4 Å². The predicted molar refractivity (Wildman–Crippen MR) is 104 cm³/mol. The molecule has 0 aliphatic rings. The molecule has 2 aromatic carbocycles. The molecule has 0 unspecified atom stereocenters. The van der Waals surface area contributed by atoms with Gasteiger partial charge < -0.3 is 10.1 Å². The smallest absolute Gasteiger partial charge is 0.226 e. The van der Waals surface area contributed by atoms with Crippen LogP contribution in [0.25, 0.3) is 0 Å². The Kier molecular flexibility index (Phi) is 6.02. The zero-order chi connectivity index (χ0) is 18.4. The van der Waals surface area contributed by atoms with Crippen LogP contribution in [0.15, 0.2) is 53.9 Å². The summed E-state index contributed by atoms with van der Waals surface area (Å²) in [5.41, 5.74) is 4.13. The zero-order valence-electron chi connectivity index (χ0n) is 15.0. The molecule has 0 radical (unpaired) electrons. The van der Waals surface area contributed by atoms with Crippen LogP contribution >= 0.6 is 11.3 Å². The minimum Gasteiger partial charge on any atom is -0.486 e. The second-order valence-corrected chi connectivity index (χ2v) is 7.17. The molecule has 134 valence electrons. The summed E-state index contributed by atoms with van der Waals surface area (Å²) in [5.74, 6) is 0.850. The quantitative estimate of drug-likeness (QED) is 0.682. The van der Waals surface area contributed by atoms with Crippen molar-refractivity contribution in [3.63, 3.8) is 0 Å². The molecule has 5 heteroatoms. The Morgan fingerprint density at radius 2 is 1.96 bits per heavy atom. The number of carbonyl (C=O) groups is 1. The molecule has 1 N–H and O–H groups in total. The van der Waals surface area contributed by atoms with Crippen LogP contribution in [0.4, 0.5) is 0 Å². The number of benzene rings is 2. The Labute approximate surface area is 157 Å². The first-order chi connectivity index (χ1) is 12.6. The van der Waals surface area contributed by atoms with Gasteiger partial charge in [-0.1, -0.05) is 42.5 Å². The summed E-state index contributed by atoms with van der Waals surface area (Å²) in [4.78, 5) is 16.6. The van der Waals surface area contributed by atoms with E-state index in [1.54, 1.807) is 0 Å². The Morgan fingerprint density at radius 1 is 1.15 bits per heavy atom. The number of ether oxygens (including phenoxy) is 1. The number of nitrogens with zero attached hydrogens (tertiary/aromatic N) is 1.